The zero-order valence-corrected chi connectivity index (χ0v) is 17.2. The van der Waals surface area contributed by atoms with Crippen LogP contribution in [0, 0.1) is 0 Å². The summed E-state index contributed by atoms with van der Waals surface area (Å²) in [6, 6.07) is 4.45. The third-order valence-corrected chi connectivity index (χ3v) is 7.19. The second-order valence-corrected chi connectivity index (χ2v) is 8.58. The van der Waals surface area contributed by atoms with Gasteiger partial charge in [0, 0.05) is 32.7 Å². The number of benzene rings is 1. The molecule has 0 bridgehead atoms. The summed E-state index contributed by atoms with van der Waals surface area (Å²) in [6.07, 6.45) is 1.16. The Balaban J connectivity index is 2.04. The van der Waals surface area contributed by atoms with Crippen LogP contribution in [-0.4, -0.2) is 73.6 Å². The number of halogens is 2. The number of hydrogen-bond acceptors (Lipinski definition) is 4. The summed E-state index contributed by atoms with van der Waals surface area (Å²) in [5.41, 5.74) is 0. The number of amides is 2. The number of nitrogens with zero attached hydrogens (tertiary/aromatic N) is 3. The molecular weight excluding hydrogens is 413 g/mol. The van der Waals surface area contributed by atoms with E-state index in [4.69, 9.17) is 23.2 Å². The number of likely N-dealkylation sites (N-methyl/N-ethyl adjacent to an activating group) is 1. The van der Waals surface area contributed by atoms with Gasteiger partial charge in [-0.3, -0.25) is 9.59 Å². The molecule has 148 valence electrons. The first-order valence-electron chi connectivity index (χ1n) is 8.35. The Kier molecular flexibility index (Phi) is 7.27. The van der Waals surface area contributed by atoms with Crippen LogP contribution in [0.1, 0.15) is 6.92 Å². The molecule has 0 spiro atoms. The van der Waals surface area contributed by atoms with Gasteiger partial charge in [0.15, 0.2) is 0 Å². The van der Waals surface area contributed by atoms with Gasteiger partial charge in [-0.1, -0.05) is 35.8 Å². The van der Waals surface area contributed by atoms with Crippen molar-refractivity contribution in [2.24, 2.45) is 0 Å². The normalized spacial score (nSPS) is 15.4. The molecule has 0 radical (unpaired) electrons. The molecule has 10 heteroatoms. The van der Waals surface area contributed by atoms with Gasteiger partial charge in [-0.25, -0.2) is 8.42 Å². The quantitative estimate of drug-likeness (QED) is 0.641. The Morgan fingerprint density at radius 2 is 1.85 bits per heavy atom. The summed E-state index contributed by atoms with van der Waals surface area (Å²) in [6.45, 7) is 6.26. The van der Waals surface area contributed by atoms with Gasteiger partial charge in [-0.05, 0) is 25.1 Å². The van der Waals surface area contributed by atoms with E-state index in [1.807, 2.05) is 0 Å². The van der Waals surface area contributed by atoms with Crippen molar-refractivity contribution in [2.75, 3.05) is 39.3 Å². The van der Waals surface area contributed by atoms with Crippen molar-refractivity contribution in [1.29, 1.82) is 0 Å². The Bertz CT molecular complexity index is 837. The monoisotopic (exact) mass is 433 g/mol. The lowest BCUT2D eigenvalue weighted by atomic mass is 10.3. The first kappa shape index (κ1) is 21.7. The number of piperazine rings is 1. The largest absolute Gasteiger partial charge is 0.339 e. The van der Waals surface area contributed by atoms with Crippen molar-refractivity contribution in [3.8, 4) is 0 Å². The zero-order valence-electron chi connectivity index (χ0n) is 14.9. The van der Waals surface area contributed by atoms with Gasteiger partial charge < -0.3 is 9.80 Å². The van der Waals surface area contributed by atoms with Gasteiger partial charge in [0.2, 0.25) is 21.8 Å². The fourth-order valence-electron chi connectivity index (χ4n) is 2.74. The minimum Gasteiger partial charge on any atom is -0.339 e. The van der Waals surface area contributed by atoms with E-state index < -0.39 is 10.0 Å². The highest BCUT2D eigenvalue weighted by molar-refractivity contribution is 7.89. The van der Waals surface area contributed by atoms with Crippen molar-refractivity contribution in [3.63, 3.8) is 0 Å². The lowest BCUT2D eigenvalue weighted by Gasteiger charge is -2.35. The van der Waals surface area contributed by atoms with E-state index in [1.54, 1.807) is 11.8 Å². The average molecular weight is 434 g/mol. The maximum Gasteiger partial charge on any atom is 0.246 e. The van der Waals surface area contributed by atoms with Gasteiger partial charge in [0.05, 0.1) is 16.6 Å². The van der Waals surface area contributed by atoms with Gasteiger partial charge in [0.25, 0.3) is 0 Å². The van der Waals surface area contributed by atoms with Crippen LogP contribution in [0.3, 0.4) is 0 Å². The van der Waals surface area contributed by atoms with Crippen molar-refractivity contribution in [3.05, 3.63) is 40.9 Å². The van der Waals surface area contributed by atoms with Crippen molar-refractivity contribution in [1.82, 2.24) is 14.1 Å². The van der Waals surface area contributed by atoms with E-state index in [1.165, 1.54) is 27.4 Å². The molecule has 0 aromatic heterocycles. The Labute approximate surface area is 169 Å². The van der Waals surface area contributed by atoms with E-state index in [2.05, 4.69) is 6.58 Å². The fraction of sp³-hybridized carbons (Fsp3) is 0.412. The van der Waals surface area contributed by atoms with E-state index in [0.717, 1.165) is 6.08 Å². The molecule has 2 amide bonds. The lowest BCUT2D eigenvalue weighted by molar-refractivity contribution is -0.138. The van der Waals surface area contributed by atoms with E-state index in [0.29, 0.717) is 6.54 Å². The molecule has 27 heavy (non-hydrogen) atoms. The fourth-order valence-corrected chi connectivity index (χ4v) is 4.90. The zero-order chi connectivity index (χ0) is 20.2. The number of carbonyl (C=O) groups is 2. The first-order chi connectivity index (χ1) is 12.7. The van der Waals surface area contributed by atoms with Crippen LogP contribution in [0.25, 0.3) is 0 Å². The van der Waals surface area contributed by atoms with E-state index >= 15 is 0 Å². The van der Waals surface area contributed by atoms with Gasteiger partial charge in [0.1, 0.15) is 4.90 Å². The maximum absolute atomic E-state index is 12.8. The summed E-state index contributed by atoms with van der Waals surface area (Å²) in [7, 11) is -3.81. The third-order valence-electron chi connectivity index (χ3n) is 4.32. The molecule has 0 aliphatic carbocycles. The molecule has 0 unspecified atom stereocenters. The minimum absolute atomic E-state index is 0.0146. The van der Waals surface area contributed by atoms with Crippen LogP contribution in [0.2, 0.25) is 10.0 Å². The molecule has 0 N–H and O–H groups in total. The van der Waals surface area contributed by atoms with E-state index in [-0.39, 0.29) is 59.5 Å². The molecule has 1 aromatic carbocycles. The molecule has 0 atom stereocenters. The summed E-state index contributed by atoms with van der Waals surface area (Å²) >= 11 is 12.0. The summed E-state index contributed by atoms with van der Waals surface area (Å²) in [5, 5.41) is 0.150. The summed E-state index contributed by atoms with van der Waals surface area (Å²) < 4.78 is 26.9. The minimum atomic E-state index is -3.81. The van der Waals surface area contributed by atoms with Crippen LogP contribution in [0.15, 0.2) is 35.7 Å². The van der Waals surface area contributed by atoms with Crippen molar-refractivity contribution in [2.45, 2.75) is 11.8 Å². The molecule has 7 nitrogen and oxygen atoms in total. The van der Waals surface area contributed by atoms with Crippen molar-refractivity contribution < 1.29 is 18.0 Å². The van der Waals surface area contributed by atoms with Gasteiger partial charge >= 0.3 is 0 Å². The molecule has 0 saturated carbocycles. The first-order valence-corrected chi connectivity index (χ1v) is 10.5. The van der Waals surface area contributed by atoms with Crippen LogP contribution in [0.5, 0.6) is 0 Å². The summed E-state index contributed by atoms with van der Waals surface area (Å²) in [5.74, 6) is -0.549. The Morgan fingerprint density at radius 3 is 2.41 bits per heavy atom. The van der Waals surface area contributed by atoms with Crippen LogP contribution in [-0.2, 0) is 19.6 Å². The molecule has 1 aliphatic heterocycles. The number of carbonyl (C=O) groups excluding carboxylic acids is 2. The van der Waals surface area contributed by atoms with E-state index in [9.17, 15) is 18.0 Å². The number of hydrogen-bond donors (Lipinski definition) is 0. The lowest BCUT2D eigenvalue weighted by Crippen LogP contribution is -2.52. The molecular formula is C17H21Cl2N3O4S. The van der Waals surface area contributed by atoms with Crippen molar-refractivity contribution >= 4 is 45.0 Å². The predicted octanol–water partition coefficient (Wildman–Crippen LogP) is 1.86. The highest BCUT2D eigenvalue weighted by atomic mass is 35.5. The molecule has 1 heterocycles. The molecule has 1 aromatic rings. The number of rotatable bonds is 6. The molecule has 1 fully saturated rings. The number of sulfonamides is 1. The molecule has 2 rings (SSSR count). The SMILES string of the molecule is C=CC(=O)N(CC)CC(=O)N1CCN(S(=O)(=O)c2cccc(Cl)c2Cl)CC1. The summed E-state index contributed by atoms with van der Waals surface area (Å²) in [4.78, 5) is 27.0. The topological polar surface area (TPSA) is 78.0 Å². The van der Waals surface area contributed by atoms with Gasteiger partial charge in [-0.2, -0.15) is 4.31 Å². The predicted molar refractivity (Wildman–Crippen MR) is 104 cm³/mol. The second kappa shape index (κ2) is 9.05. The molecule has 1 aliphatic rings. The van der Waals surface area contributed by atoms with Crippen LogP contribution in [0.4, 0.5) is 0 Å². The van der Waals surface area contributed by atoms with Crippen LogP contribution >= 0.6 is 23.2 Å². The van der Waals surface area contributed by atoms with Crippen LogP contribution < -0.4 is 0 Å². The standard InChI is InChI=1S/C17H21Cl2N3O4S/c1-3-15(23)20(4-2)12-16(24)21-8-10-22(11-9-21)27(25,26)14-7-5-6-13(18)17(14)19/h3,5-7H,1,4,8-12H2,2H3. The highest BCUT2D eigenvalue weighted by Gasteiger charge is 2.32. The Morgan fingerprint density at radius 1 is 1.22 bits per heavy atom. The second-order valence-electron chi connectivity index (χ2n) is 5.89. The molecule has 1 saturated heterocycles. The third kappa shape index (κ3) is 4.82. The van der Waals surface area contributed by atoms with Gasteiger partial charge in [-0.15, -0.1) is 0 Å². The Hall–Kier alpha value is -1.61. The average Bonchev–Trinajstić information content (AvgIpc) is 2.67. The maximum atomic E-state index is 12.8. The smallest absolute Gasteiger partial charge is 0.246 e. The highest BCUT2D eigenvalue weighted by Crippen LogP contribution is 2.31.